The Morgan fingerprint density at radius 2 is 2.04 bits per heavy atom. The number of nitriles is 1. The molecule has 1 aromatic carbocycles. The quantitative estimate of drug-likeness (QED) is 0.685. The molecule has 0 N–H and O–H groups in total. The van der Waals surface area contributed by atoms with Crippen LogP contribution in [0.4, 0.5) is 0 Å². The van der Waals surface area contributed by atoms with Crippen molar-refractivity contribution in [2.45, 2.75) is 18.9 Å². The molecule has 128 valence electrons. The lowest BCUT2D eigenvalue weighted by molar-refractivity contribution is -0.127. The number of hydrogen-bond acceptors (Lipinski definition) is 4. The van der Waals surface area contributed by atoms with Gasteiger partial charge in [0.2, 0.25) is 5.91 Å². The van der Waals surface area contributed by atoms with E-state index < -0.39 is 0 Å². The average Bonchev–Trinajstić information content (AvgIpc) is 3.33. The van der Waals surface area contributed by atoms with Gasteiger partial charge in [-0.1, -0.05) is 18.2 Å². The summed E-state index contributed by atoms with van der Waals surface area (Å²) in [6, 6.07) is 14.9. The van der Waals surface area contributed by atoms with Gasteiger partial charge in [-0.15, -0.1) is 10.2 Å². The van der Waals surface area contributed by atoms with Crippen LogP contribution in [0.3, 0.4) is 0 Å². The zero-order chi connectivity index (χ0) is 17.9. The number of carbonyl (C=O) groups is 1. The number of rotatable bonds is 3. The highest BCUT2D eigenvalue weighted by Crippen LogP contribution is 2.31. The molecule has 1 saturated heterocycles. The highest BCUT2D eigenvalue weighted by molar-refractivity contribution is 5.92. The highest BCUT2D eigenvalue weighted by atomic mass is 16.2. The molecule has 1 aliphatic heterocycles. The Morgan fingerprint density at radius 3 is 2.85 bits per heavy atom. The first-order valence-corrected chi connectivity index (χ1v) is 8.55. The highest BCUT2D eigenvalue weighted by Gasteiger charge is 2.32. The fourth-order valence-corrected chi connectivity index (χ4v) is 3.32. The van der Waals surface area contributed by atoms with Crippen molar-refractivity contribution >= 4 is 17.6 Å². The van der Waals surface area contributed by atoms with Gasteiger partial charge >= 0.3 is 0 Å². The summed E-state index contributed by atoms with van der Waals surface area (Å²) in [4.78, 5) is 14.6. The molecule has 1 fully saturated rings. The molecule has 3 aromatic rings. The fourth-order valence-electron chi connectivity index (χ4n) is 3.32. The fraction of sp³-hybridized carbons (Fsp3) is 0.200. The van der Waals surface area contributed by atoms with Crippen LogP contribution in [0.2, 0.25) is 0 Å². The molecule has 26 heavy (non-hydrogen) atoms. The maximum atomic E-state index is 12.7. The third-order valence-electron chi connectivity index (χ3n) is 4.63. The maximum absolute atomic E-state index is 12.7. The van der Waals surface area contributed by atoms with E-state index in [1.165, 1.54) is 0 Å². The molecule has 2 aromatic heterocycles. The molecular weight excluding hydrogens is 326 g/mol. The molecule has 1 atom stereocenters. The number of carbonyl (C=O) groups excluding carboxylic acids is 1. The van der Waals surface area contributed by atoms with E-state index in [-0.39, 0.29) is 11.9 Å². The van der Waals surface area contributed by atoms with Gasteiger partial charge in [-0.3, -0.25) is 9.20 Å². The lowest BCUT2D eigenvalue weighted by Gasteiger charge is -2.22. The topological polar surface area (TPSA) is 74.3 Å². The third kappa shape index (κ3) is 2.95. The molecule has 3 heterocycles. The monoisotopic (exact) mass is 343 g/mol. The van der Waals surface area contributed by atoms with Crippen LogP contribution in [0.25, 0.3) is 11.7 Å². The van der Waals surface area contributed by atoms with Gasteiger partial charge < -0.3 is 4.90 Å². The van der Waals surface area contributed by atoms with Crippen LogP contribution in [0, 0.1) is 11.3 Å². The van der Waals surface area contributed by atoms with E-state index in [1.807, 2.05) is 45.8 Å². The van der Waals surface area contributed by atoms with Crippen LogP contribution in [-0.2, 0) is 4.79 Å². The van der Waals surface area contributed by atoms with Crippen molar-refractivity contribution in [3.8, 4) is 6.07 Å². The standard InChI is InChI=1S/C20H17N5O/c21-14-16-8-6-15(7-9-16)10-11-19(26)24-13-3-4-17(24)20-23-22-18-5-1-2-12-25(18)20/h1-2,5-12,17H,3-4,13H2. The second kappa shape index (κ2) is 6.81. The van der Waals surface area contributed by atoms with Crippen molar-refractivity contribution in [1.29, 1.82) is 5.26 Å². The summed E-state index contributed by atoms with van der Waals surface area (Å²) in [6.07, 6.45) is 7.12. The molecule has 0 saturated carbocycles. The average molecular weight is 343 g/mol. The molecular formula is C20H17N5O. The van der Waals surface area contributed by atoms with Gasteiger partial charge in [-0.25, -0.2) is 0 Å². The number of pyridine rings is 1. The van der Waals surface area contributed by atoms with Crippen LogP contribution in [0.1, 0.15) is 35.8 Å². The van der Waals surface area contributed by atoms with Crippen LogP contribution >= 0.6 is 0 Å². The summed E-state index contributed by atoms with van der Waals surface area (Å²) in [6.45, 7) is 0.711. The zero-order valence-electron chi connectivity index (χ0n) is 14.1. The number of nitrogens with zero attached hydrogens (tertiary/aromatic N) is 5. The van der Waals surface area contributed by atoms with E-state index in [0.717, 1.165) is 29.9 Å². The number of likely N-dealkylation sites (tertiary alicyclic amines) is 1. The molecule has 0 bridgehead atoms. The van der Waals surface area contributed by atoms with Crippen molar-refractivity contribution in [2.75, 3.05) is 6.54 Å². The summed E-state index contributed by atoms with van der Waals surface area (Å²) >= 11 is 0. The van der Waals surface area contributed by atoms with Crippen molar-refractivity contribution in [2.24, 2.45) is 0 Å². The van der Waals surface area contributed by atoms with E-state index >= 15 is 0 Å². The molecule has 0 aliphatic carbocycles. The molecule has 4 rings (SSSR count). The minimum atomic E-state index is -0.0643. The third-order valence-corrected chi connectivity index (χ3v) is 4.63. The Balaban J connectivity index is 1.55. The van der Waals surface area contributed by atoms with Gasteiger partial charge in [0, 0.05) is 18.8 Å². The molecule has 1 unspecified atom stereocenters. The number of benzene rings is 1. The van der Waals surface area contributed by atoms with E-state index in [4.69, 9.17) is 5.26 Å². The smallest absolute Gasteiger partial charge is 0.247 e. The summed E-state index contributed by atoms with van der Waals surface area (Å²) in [7, 11) is 0. The van der Waals surface area contributed by atoms with Crippen LogP contribution in [0.15, 0.2) is 54.7 Å². The van der Waals surface area contributed by atoms with Crippen molar-refractivity contribution in [1.82, 2.24) is 19.5 Å². The van der Waals surface area contributed by atoms with E-state index in [9.17, 15) is 4.79 Å². The van der Waals surface area contributed by atoms with Crippen LogP contribution < -0.4 is 0 Å². The van der Waals surface area contributed by atoms with Crippen molar-refractivity contribution in [3.63, 3.8) is 0 Å². The summed E-state index contributed by atoms with van der Waals surface area (Å²) in [5.41, 5.74) is 2.28. The van der Waals surface area contributed by atoms with Gasteiger partial charge in [0.15, 0.2) is 11.5 Å². The Hall–Kier alpha value is -3.46. The number of aromatic nitrogens is 3. The number of hydrogen-bond donors (Lipinski definition) is 0. The van der Waals surface area contributed by atoms with E-state index in [2.05, 4.69) is 16.3 Å². The zero-order valence-corrected chi connectivity index (χ0v) is 14.1. The second-order valence-electron chi connectivity index (χ2n) is 6.24. The van der Waals surface area contributed by atoms with Gasteiger partial charge in [0.25, 0.3) is 0 Å². The Bertz CT molecular complexity index is 1010. The van der Waals surface area contributed by atoms with Gasteiger partial charge in [-0.05, 0) is 48.7 Å². The van der Waals surface area contributed by atoms with Gasteiger partial charge in [0.05, 0.1) is 17.7 Å². The first kappa shape index (κ1) is 16.0. The predicted molar refractivity (Wildman–Crippen MR) is 96.9 cm³/mol. The largest absolute Gasteiger partial charge is 0.329 e. The lowest BCUT2D eigenvalue weighted by Crippen LogP contribution is -2.30. The minimum Gasteiger partial charge on any atom is -0.329 e. The molecule has 1 aliphatic rings. The minimum absolute atomic E-state index is 0.0375. The van der Waals surface area contributed by atoms with Crippen LogP contribution in [-0.4, -0.2) is 31.9 Å². The van der Waals surface area contributed by atoms with Crippen molar-refractivity contribution in [3.05, 3.63) is 71.7 Å². The predicted octanol–water partition coefficient (Wildman–Crippen LogP) is 2.98. The van der Waals surface area contributed by atoms with Gasteiger partial charge in [-0.2, -0.15) is 5.26 Å². The number of fused-ring (bicyclic) bond motifs is 1. The summed E-state index contributed by atoms with van der Waals surface area (Å²) < 4.78 is 1.95. The molecule has 0 spiro atoms. The first-order chi connectivity index (χ1) is 12.8. The maximum Gasteiger partial charge on any atom is 0.247 e. The second-order valence-corrected chi connectivity index (χ2v) is 6.24. The molecule has 1 amide bonds. The number of amides is 1. The molecule has 6 nitrogen and oxygen atoms in total. The summed E-state index contributed by atoms with van der Waals surface area (Å²) in [5, 5.41) is 17.4. The van der Waals surface area contributed by atoms with Crippen molar-refractivity contribution < 1.29 is 4.79 Å². The Morgan fingerprint density at radius 1 is 1.19 bits per heavy atom. The van der Waals surface area contributed by atoms with E-state index in [1.54, 1.807) is 24.3 Å². The van der Waals surface area contributed by atoms with Gasteiger partial charge in [0.1, 0.15) is 0 Å². The normalized spacial score (nSPS) is 17.0. The lowest BCUT2D eigenvalue weighted by atomic mass is 10.1. The Kier molecular flexibility index (Phi) is 4.20. The van der Waals surface area contributed by atoms with E-state index in [0.29, 0.717) is 12.1 Å². The summed E-state index contributed by atoms with van der Waals surface area (Å²) in [5.74, 6) is 0.766. The Labute approximate surface area is 151 Å². The SMILES string of the molecule is N#Cc1ccc(C=CC(=O)N2CCCC2c2nnc3ccccn23)cc1. The van der Waals surface area contributed by atoms with Crippen LogP contribution in [0.5, 0.6) is 0 Å². The molecule has 6 heteroatoms. The molecule has 0 radical (unpaired) electrons. The first-order valence-electron chi connectivity index (χ1n) is 8.55.